The number of hydrogen-bond acceptors (Lipinski definition) is 4. The SMILES string of the molecule is CS(=O)CCCNc1ncc(N)cc1Br. The van der Waals surface area contributed by atoms with Crippen LogP contribution in [0.25, 0.3) is 0 Å². The maximum atomic E-state index is 10.8. The van der Waals surface area contributed by atoms with Crippen LogP contribution in [0.3, 0.4) is 0 Å². The molecule has 0 spiro atoms. The predicted octanol–water partition coefficient (Wildman–Crippen LogP) is 1.61. The second-order valence-electron chi connectivity index (χ2n) is 3.16. The molecule has 0 saturated heterocycles. The number of anilines is 2. The van der Waals surface area contributed by atoms with Gasteiger partial charge in [-0.1, -0.05) is 0 Å². The Kier molecular flexibility index (Phi) is 5.04. The quantitative estimate of drug-likeness (QED) is 0.809. The summed E-state index contributed by atoms with van der Waals surface area (Å²) in [7, 11) is -0.725. The summed E-state index contributed by atoms with van der Waals surface area (Å²) in [6, 6.07) is 1.80. The zero-order valence-corrected chi connectivity index (χ0v) is 10.9. The van der Waals surface area contributed by atoms with Crippen LogP contribution in [0.1, 0.15) is 6.42 Å². The van der Waals surface area contributed by atoms with Crippen LogP contribution in [0, 0.1) is 0 Å². The molecule has 1 rings (SSSR count). The van der Waals surface area contributed by atoms with Crippen LogP contribution in [-0.2, 0) is 10.8 Å². The van der Waals surface area contributed by atoms with Gasteiger partial charge < -0.3 is 11.1 Å². The number of aromatic nitrogens is 1. The third kappa shape index (κ3) is 4.61. The van der Waals surface area contributed by atoms with Crippen molar-refractivity contribution in [2.75, 3.05) is 29.6 Å². The van der Waals surface area contributed by atoms with Gasteiger partial charge in [0.25, 0.3) is 0 Å². The minimum atomic E-state index is -0.725. The van der Waals surface area contributed by atoms with Crippen LogP contribution >= 0.6 is 15.9 Å². The Morgan fingerprint density at radius 1 is 1.67 bits per heavy atom. The average molecular weight is 292 g/mol. The first-order valence-electron chi connectivity index (χ1n) is 4.54. The van der Waals surface area contributed by atoms with Crippen LogP contribution in [0.4, 0.5) is 11.5 Å². The lowest BCUT2D eigenvalue weighted by Crippen LogP contribution is -2.07. The summed E-state index contributed by atoms with van der Waals surface area (Å²) in [6.07, 6.45) is 4.17. The lowest BCUT2D eigenvalue weighted by Gasteiger charge is -2.07. The summed E-state index contributed by atoms with van der Waals surface area (Å²) < 4.78 is 11.7. The summed E-state index contributed by atoms with van der Waals surface area (Å²) in [5.74, 6) is 1.48. The average Bonchev–Trinajstić information content (AvgIpc) is 2.14. The van der Waals surface area contributed by atoms with Gasteiger partial charge in [-0.05, 0) is 28.4 Å². The van der Waals surface area contributed by atoms with Crippen molar-refractivity contribution in [2.45, 2.75) is 6.42 Å². The van der Waals surface area contributed by atoms with Crippen molar-refractivity contribution in [3.63, 3.8) is 0 Å². The Bertz CT molecular complexity index is 359. The molecule has 84 valence electrons. The highest BCUT2D eigenvalue weighted by atomic mass is 79.9. The zero-order valence-electron chi connectivity index (χ0n) is 8.50. The zero-order chi connectivity index (χ0) is 11.3. The number of nitrogens with one attached hydrogen (secondary N) is 1. The van der Waals surface area contributed by atoms with E-state index in [2.05, 4.69) is 26.2 Å². The predicted molar refractivity (Wildman–Crippen MR) is 68.4 cm³/mol. The summed E-state index contributed by atoms with van der Waals surface area (Å²) in [5, 5.41) is 3.15. The molecule has 1 atom stereocenters. The first-order valence-corrected chi connectivity index (χ1v) is 7.06. The third-order valence-electron chi connectivity index (χ3n) is 1.76. The van der Waals surface area contributed by atoms with Gasteiger partial charge in [-0.15, -0.1) is 0 Å². The Morgan fingerprint density at radius 3 is 3.00 bits per heavy atom. The van der Waals surface area contributed by atoms with Crippen LogP contribution in [0.2, 0.25) is 0 Å². The fraction of sp³-hybridized carbons (Fsp3) is 0.444. The highest BCUT2D eigenvalue weighted by Gasteiger charge is 2.00. The highest BCUT2D eigenvalue weighted by Crippen LogP contribution is 2.21. The monoisotopic (exact) mass is 291 g/mol. The van der Waals surface area contributed by atoms with Gasteiger partial charge in [-0.3, -0.25) is 4.21 Å². The van der Waals surface area contributed by atoms with E-state index in [1.165, 1.54) is 0 Å². The topological polar surface area (TPSA) is 68.0 Å². The van der Waals surface area contributed by atoms with E-state index < -0.39 is 10.8 Å². The van der Waals surface area contributed by atoms with Gasteiger partial charge in [0.15, 0.2) is 0 Å². The van der Waals surface area contributed by atoms with Crippen molar-refractivity contribution >= 4 is 38.2 Å². The Morgan fingerprint density at radius 2 is 2.40 bits per heavy atom. The third-order valence-corrected chi connectivity index (χ3v) is 3.23. The van der Waals surface area contributed by atoms with Crippen molar-refractivity contribution in [1.29, 1.82) is 0 Å². The number of nitrogens with zero attached hydrogens (tertiary/aromatic N) is 1. The number of halogens is 1. The number of nitrogen functional groups attached to an aromatic ring is 1. The molecule has 1 heterocycles. The lowest BCUT2D eigenvalue weighted by molar-refractivity contribution is 0.685. The molecule has 1 aromatic rings. The maximum Gasteiger partial charge on any atom is 0.140 e. The van der Waals surface area contributed by atoms with Gasteiger partial charge in [-0.25, -0.2) is 4.98 Å². The van der Waals surface area contributed by atoms with Gasteiger partial charge in [0.2, 0.25) is 0 Å². The molecule has 0 aliphatic rings. The Hall–Kier alpha value is -0.620. The van der Waals surface area contributed by atoms with Gasteiger partial charge in [-0.2, -0.15) is 0 Å². The Balaban J connectivity index is 2.40. The van der Waals surface area contributed by atoms with Gasteiger partial charge in [0.05, 0.1) is 16.4 Å². The van der Waals surface area contributed by atoms with Crippen LogP contribution in [0.5, 0.6) is 0 Å². The van der Waals surface area contributed by atoms with Crippen LogP contribution < -0.4 is 11.1 Å². The molecular formula is C9H14BrN3OS. The second kappa shape index (κ2) is 6.07. The molecule has 1 unspecified atom stereocenters. The first-order chi connectivity index (χ1) is 7.09. The van der Waals surface area contributed by atoms with E-state index in [-0.39, 0.29) is 0 Å². The van der Waals surface area contributed by atoms with Gasteiger partial charge in [0, 0.05) is 29.4 Å². The van der Waals surface area contributed by atoms with E-state index >= 15 is 0 Å². The smallest absolute Gasteiger partial charge is 0.140 e. The fourth-order valence-corrected chi connectivity index (χ4v) is 2.12. The number of hydrogen-bond donors (Lipinski definition) is 2. The first kappa shape index (κ1) is 12.4. The maximum absolute atomic E-state index is 10.8. The molecule has 15 heavy (non-hydrogen) atoms. The molecule has 1 aromatic heterocycles. The van der Waals surface area contributed by atoms with Gasteiger partial charge in [0.1, 0.15) is 5.82 Å². The van der Waals surface area contributed by atoms with Crippen LogP contribution in [-0.4, -0.2) is 27.7 Å². The molecule has 0 saturated carbocycles. The molecule has 0 aliphatic carbocycles. The normalized spacial score (nSPS) is 12.4. The fourth-order valence-electron chi connectivity index (χ4n) is 1.07. The molecular weight excluding hydrogens is 278 g/mol. The second-order valence-corrected chi connectivity index (χ2v) is 5.57. The molecule has 4 nitrogen and oxygen atoms in total. The standard InChI is InChI=1S/C9H14BrN3OS/c1-15(14)4-2-3-12-9-8(10)5-7(11)6-13-9/h5-6H,2-4,11H2,1H3,(H,12,13). The minimum Gasteiger partial charge on any atom is -0.397 e. The van der Waals surface area contributed by atoms with E-state index in [0.29, 0.717) is 11.4 Å². The largest absolute Gasteiger partial charge is 0.397 e. The molecule has 0 aliphatic heterocycles. The van der Waals surface area contributed by atoms with E-state index in [0.717, 1.165) is 23.3 Å². The van der Waals surface area contributed by atoms with Crippen molar-refractivity contribution < 1.29 is 4.21 Å². The molecule has 0 aromatic carbocycles. The molecule has 0 bridgehead atoms. The van der Waals surface area contributed by atoms with E-state index in [9.17, 15) is 4.21 Å². The van der Waals surface area contributed by atoms with E-state index in [4.69, 9.17) is 5.73 Å². The van der Waals surface area contributed by atoms with Crippen LogP contribution in [0.15, 0.2) is 16.7 Å². The number of rotatable bonds is 5. The number of nitrogens with two attached hydrogens (primary N) is 1. The van der Waals surface area contributed by atoms with Gasteiger partial charge >= 0.3 is 0 Å². The van der Waals surface area contributed by atoms with Crippen molar-refractivity contribution in [1.82, 2.24) is 4.98 Å². The lowest BCUT2D eigenvalue weighted by atomic mass is 10.4. The minimum absolute atomic E-state index is 0.627. The van der Waals surface area contributed by atoms with Crippen molar-refractivity contribution in [3.05, 3.63) is 16.7 Å². The van der Waals surface area contributed by atoms with E-state index in [1.807, 2.05) is 0 Å². The Labute approximate surface area is 100 Å². The molecule has 0 fully saturated rings. The van der Waals surface area contributed by atoms with E-state index in [1.54, 1.807) is 18.5 Å². The highest BCUT2D eigenvalue weighted by molar-refractivity contribution is 9.10. The number of pyridine rings is 1. The summed E-state index contributed by atoms with van der Waals surface area (Å²) in [5.41, 5.74) is 6.19. The molecule has 6 heteroatoms. The molecule has 0 amide bonds. The molecule has 0 radical (unpaired) electrons. The summed E-state index contributed by atoms with van der Waals surface area (Å²) in [4.78, 5) is 4.14. The summed E-state index contributed by atoms with van der Waals surface area (Å²) in [6.45, 7) is 0.759. The van der Waals surface area contributed by atoms with Crippen molar-refractivity contribution in [2.24, 2.45) is 0 Å². The molecule has 3 N–H and O–H groups in total. The van der Waals surface area contributed by atoms with Crippen molar-refractivity contribution in [3.8, 4) is 0 Å². The summed E-state index contributed by atoms with van der Waals surface area (Å²) >= 11 is 3.36.